The minimum absolute atomic E-state index is 0. The fraction of sp³-hybridized carbons (Fsp3) is 0.455. The molecule has 0 aliphatic carbocycles. The van der Waals surface area contributed by atoms with Crippen molar-refractivity contribution in [1.82, 2.24) is 4.90 Å². The average Bonchev–Trinajstić information content (AvgIpc) is 2.08. The summed E-state index contributed by atoms with van der Waals surface area (Å²) in [5.41, 5.74) is 3.03. The van der Waals surface area contributed by atoms with E-state index in [1.807, 2.05) is 0 Å². The molecule has 1 aromatic rings. The van der Waals surface area contributed by atoms with Crippen LogP contribution in [0.1, 0.15) is 18.1 Å². The molecule has 14 heavy (non-hydrogen) atoms. The van der Waals surface area contributed by atoms with Gasteiger partial charge < -0.3 is 0 Å². The summed E-state index contributed by atoms with van der Waals surface area (Å²) in [4.78, 5) is 2.41. The van der Waals surface area contributed by atoms with Gasteiger partial charge in [-0.25, -0.2) is 0 Å². The monoisotopic (exact) mass is 271 g/mol. The Hall–Kier alpha value is 0.0284. The van der Waals surface area contributed by atoms with Gasteiger partial charge in [-0.05, 0) is 0 Å². The van der Waals surface area contributed by atoms with Crippen molar-refractivity contribution in [2.24, 2.45) is 0 Å². The van der Waals surface area contributed by atoms with Crippen LogP contribution < -0.4 is 4.35 Å². The maximum Gasteiger partial charge on any atom is -0.147 e. The molecule has 1 unspecified atom stereocenters. The summed E-state index contributed by atoms with van der Waals surface area (Å²) < 4.78 is 1.31. The van der Waals surface area contributed by atoms with Gasteiger partial charge in [0.1, 0.15) is 0 Å². The van der Waals surface area contributed by atoms with Crippen LogP contribution in [0.5, 0.6) is 0 Å². The predicted octanol–water partition coefficient (Wildman–Crippen LogP) is 1.28. The first-order valence-corrected chi connectivity index (χ1v) is 5.61. The molecule has 0 N–H and O–H groups in total. The molecule has 2 radical (unpaired) electrons. The molecule has 76 valence electrons. The molecule has 0 saturated carbocycles. The van der Waals surface area contributed by atoms with E-state index in [9.17, 15) is 0 Å². The summed E-state index contributed by atoms with van der Waals surface area (Å²) in [6.45, 7) is 3.39. The third-order valence-corrected chi connectivity index (χ3v) is 3.46. The molecule has 1 aliphatic rings. The van der Waals surface area contributed by atoms with E-state index in [4.69, 9.17) is 0 Å². The van der Waals surface area contributed by atoms with Gasteiger partial charge in [0.05, 0.1) is 0 Å². The van der Waals surface area contributed by atoms with Crippen LogP contribution in [0, 0.1) is 0 Å². The average molecular weight is 272 g/mol. The molecule has 0 aromatic heterocycles. The Balaban J connectivity index is 0.000000980. The van der Waals surface area contributed by atoms with Gasteiger partial charge in [0, 0.05) is 0 Å². The Morgan fingerprint density at radius 1 is 1.36 bits per heavy atom. The molecule has 1 aliphatic heterocycles. The van der Waals surface area contributed by atoms with E-state index in [0.29, 0.717) is 6.04 Å². The normalized spacial score (nSPS) is 21.2. The fourth-order valence-electron chi connectivity index (χ4n) is 1.86. The van der Waals surface area contributed by atoms with Crippen LogP contribution in [-0.2, 0) is 13.0 Å². The predicted molar refractivity (Wildman–Crippen MR) is 63.7 cm³/mol. The van der Waals surface area contributed by atoms with Gasteiger partial charge >= 0.3 is 88.4 Å². The molecule has 0 fully saturated rings. The number of fused-ring (bicyclic) bond motifs is 1. The zero-order valence-corrected chi connectivity index (χ0v) is 11.2. The summed E-state index contributed by atoms with van der Waals surface area (Å²) in [6, 6.07) is 7.44. The summed E-state index contributed by atoms with van der Waals surface area (Å²) in [5.74, 6) is 0. The summed E-state index contributed by atoms with van der Waals surface area (Å²) in [6.07, 6.45) is 1.19. The number of hydrogen-bond acceptors (Lipinski definition) is 1. The van der Waals surface area contributed by atoms with E-state index < -0.39 is 0 Å². The second-order valence-electron chi connectivity index (χ2n) is 3.92. The Morgan fingerprint density at radius 2 is 2.07 bits per heavy atom. The largest absolute Gasteiger partial charge is 0.147 e. The van der Waals surface area contributed by atoms with Crippen molar-refractivity contribution in [3.05, 3.63) is 29.3 Å². The van der Waals surface area contributed by atoms with Crippen molar-refractivity contribution >= 4 is 33.6 Å². The number of rotatable bonds is 0. The molecular formula is C11H15AsClN. The smallest absolute Gasteiger partial charge is 0.147 e. The van der Waals surface area contributed by atoms with Crippen LogP contribution in [0.15, 0.2) is 18.2 Å². The number of hydrogen-bond donors (Lipinski definition) is 0. The molecule has 1 heterocycles. The van der Waals surface area contributed by atoms with Crippen LogP contribution in [0.3, 0.4) is 0 Å². The summed E-state index contributed by atoms with van der Waals surface area (Å²) in [5, 5.41) is 0. The number of halogens is 1. The maximum absolute atomic E-state index is 2.61. The van der Waals surface area contributed by atoms with E-state index >= 15 is 0 Å². The second-order valence-corrected chi connectivity index (χ2v) is 5.00. The zero-order chi connectivity index (χ0) is 9.42. The quantitative estimate of drug-likeness (QED) is 0.643. The molecule has 1 aromatic carbocycles. The van der Waals surface area contributed by atoms with Crippen molar-refractivity contribution < 1.29 is 0 Å². The SMILES string of the molecule is CC1Cc2ccc([As])cc2CN1C.Cl. The first-order chi connectivity index (χ1) is 6.16. The molecule has 2 rings (SSSR count). The Bertz CT molecular complexity index is 327. The molecule has 1 atom stereocenters. The standard InChI is InChI=1S/C11H14AsN.ClH/c1-8-5-9-3-4-11(12)6-10(9)7-13(8)2;/h3-4,6,8H,5,7H2,1-2H3;1H. The molecule has 3 heteroatoms. The van der Waals surface area contributed by atoms with Crippen LogP contribution >= 0.6 is 12.4 Å². The van der Waals surface area contributed by atoms with Gasteiger partial charge in [-0.15, -0.1) is 12.4 Å². The maximum atomic E-state index is 2.61. The van der Waals surface area contributed by atoms with Crippen LogP contribution in [-0.4, -0.2) is 34.8 Å². The van der Waals surface area contributed by atoms with Crippen molar-refractivity contribution in [2.75, 3.05) is 7.05 Å². The van der Waals surface area contributed by atoms with Crippen LogP contribution in [0.2, 0.25) is 0 Å². The van der Waals surface area contributed by atoms with Gasteiger partial charge in [0.25, 0.3) is 0 Å². The number of likely N-dealkylation sites (N-methyl/N-ethyl adjacent to an activating group) is 1. The number of benzene rings is 1. The molecule has 0 amide bonds. The Morgan fingerprint density at radius 3 is 2.79 bits per heavy atom. The molecule has 1 nitrogen and oxygen atoms in total. The summed E-state index contributed by atoms with van der Waals surface area (Å²) >= 11 is 2.61. The molecule has 0 saturated heterocycles. The third kappa shape index (κ3) is 2.34. The van der Waals surface area contributed by atoms with Gasteiger partial charge in [-0.1, -0.05) is 0 Å². The van der Waals surface area contributed by atoms with Crippen molar-refractivity contribution in [1.29, 1.82) is 0 Å². The zero-order valence-electron chi connectivity index (χ0n) is 8.53. The first kappa shape index (κ1) is 12.1. The second kappa shape index (κ2) is 4.70. The fourth-order valence-corrected chi connectivity index (χ4v) is 2.34. The molecular weight excluding hydrogens is 257 g/mol. The molecule has 0 spiro atoms. The van der Waals surface area contributed by atoms with Crippen LogP contribution in [0.4, 0.5) is 0 Å². The Kier molecular flexibility index (Phi) is 4.06. The van der Waals surface area contributed by atoms with Crippen molar-refractivity contribution in [2.45, 2.75) is 25.9 Å². The van der Waals surface area contributed by atoms with Gasteiger partial charge in [0.15, 0.2) is 0 Å². The van der Waals surface area contributed by atoms with E-state index in [1.54, 1.807) is 0 Å². The minimum Gasteiger partial charge on any atom is -0.147 e. The topological polar surface area (TPSA) is 3.24 Å². The van der Waals surface area contributed by atoms with Gasteiger partial charge in [0.2, 0.25) is 0 Å². The van der Waals surface area contributed by atoms with E-state index in [2.05, 4.69) is 53.9 Å². The van der Waals surface area contributed by atoms with Gasteiger partial charge in [-0.3, -0.25) is 0 Å². The first-order valence-electron chi connectivity index (χ1n) is 4.68. The summed E-state index contributed by atoms with van der Waals surface area (Å²) in [7, 11) is 2.20. The number of nitrogens with zero attached hydrogens (tertiary/aromatic N) is 1. The minimum atomic E-state index is 0. The third-order valence-electron chi connectivity index (χ3n) is 2.88. The van der Waals surface area contributed by atoms with E-state index in [0.717, 1.165) is 6.54 Å². The van der Waals surface area contributed by atoms with Crippen molar-refractivity contribution in [3.63, 3.8) is 0 Å². The van der Waals surface area contributed by atoms with E-state index in [-0.39, 0.29) is 12.4 Å². The van der Waals surface area contributed by atoms with Crippen molar-refractivity contribution in [3.8, 4) is 0 Å². The Labute approximate surface area is 101 Å². The molecule has 0 bridgehead atoms. The van der Waals surface area contributed by atoms with E-state index in [1.165, 1.54) is 21.9 Å². The van der Waals surface area contributed by atoms with Crippen LogP contribution in [0.25, 0.3) is 0 Å². The van der Waals surface area contributed by atoms with Gasteiger partial charge in [-0.2, -0.15) is 0 Å².